The molecule has 1 fully saturated rings. The third-order valence-electron chi connectivity index (χ3n) is 4.56. The van der Waals surface area contributed by atoms with Crippen molar-refractivity contribution in [2.75, 3.05) is 5.32 Å². The van der Waals surface area contributed by atoms with Crippen molar-refractivity contribution in [2.24, 2.45) is 11.8 Å². The van der Waals surface area contributed by atoms with E-state index in [1.165, 1.54) is 31.2 Å². The van der Waals surface area contributed by atoms with Gasteiger partial charge in [-0.1, -0.05) is 44.9 Å². The van der Waals surface area contributed by atoms with Crippen LogP contribution in [-0.2, 0) is 11.3 Å². The second-order valence-electron chi connectivity index (χ2n) is 6.52. The summed E-state index contributed by atoms with van der Waals surface area (Å²) in [5.74, 6) is 1.49. The van der Waals surface area contributed by atoms with Gasteiger partial charge in [-0.2, -0.15) is 0 Å². The van der Waals surface area contributed by atoms with E-state index in [4.69, 9.17) is 0 Å². The van der Waals surface area contributed by atoms with Crippen molar-refractivity contribution in [1.82, 2.24) is 5.32 Å². The fourth-order valence-corrected chi connectivity index (χ4v) is 3.44. The highest BCUT2D eigenvalue weighted by molar-refractivity contribution is 5.89. The number of carbonyl (C=O) groups excluding carboxylic acids is 1. The number of hydrogen-bond donors (Lipinski definition) is 2. The molecule has 0 spiro atoms. The minimum Gasteiger partial charge on any atom is -0.326 e. The lowest BCUT2D eigenvalue weighted by molar-refractivity contribution is -0.114. The fourth-order valence-electron chi connectivity index (χ4n) is 3.44. The van der Waals surface area contributed by atoms with Gasteiger partial charge in [-0.3, -0.25) is 4.79 Å². The van der Waals surface area contributed by atoms with E-state index in [9.17, 15) is 4.79 Å². The summed E-state index contributed by atoms with van der Waals surface area (Å²) in [5.41, 5.74) is 2.09. The van der Waals surface area contributed by atoms with Gasteiger partial charge in [0.25, 0.3) is 0 Å². The Morgan fingerprint density at radius 3 is 2.67 bits per heavy atom. The van der Waals surface area contributed by atoms with Crippen LogP contribution in [0.4, 0.5) is 5.69 Å². The molecule has 1 aromatic carbocycles. The van der Waals surface area contributed by atoms with Gasteiger partial charge in [0.2, 0.25) is 5.91 Å². The van der Waals surface area contributed by atoms with E-state index in [1.54, 1.807) is 6.92 Å². The van der Waals surface area contributed by atoms with Gasteiger partial charge in [0.1, 0.15) is 0 Å². The van der Waals surface area contributed by atoms with Crippen molar-refractivity contribution in [3.05, 3.63) is 29.8 Å². The molecule has 2 rings (SSSR count). The molecule has 2 atom stereocenters. The molecule has 2 N–H and O–H groups in total. The van der Waals surface area contributed by atoms with Crippen molar-refractivity contribution in [1.29, 1.82) is 0 Å². The Labute approximate surface area is 128 Å². The summed E-state index contributed by atoms with van der Waals surface area (Å²) in [5, 5.41) is 6.65. The lowest BCUT2D eigenvalue weighted by Crippen LogP contribution is -2.40. The van der Waals surface area contributed by atoms with Crippen molar-refractivity contribution in [3.63, 3.8) is 0 Å². The number of hydrogen-bond acceptors (Lipinski definition) is 2. The van der Waals surface area contributed by atoms with Crippen LogP contribution in [0, 0.1) is 11.8 Å². The van der Waals surface area contributed by atoms with Crippen LogP contribution in [-0.4, -0.2) is 11.9 Å². The van der Waals surface area contributed by atoms with Gasteiger partial charge in [-0.25, -0.2) is 0 Å². The van der Waals surface area contributed by atoms with E-state index in [2.05, 4.69) is 30.5 Å². The lowest BCUT2D eigenvalue weighted by Gasteiger charge is -2.35. The number of anilines is 1. The fraction of sp³-hybridized carbons (Fsp3) is 0.611. The summed E-state index contributed by atoms with van der Waals surface area (Å²) in [4.78, 5) is 11.3. The molecule has 0 bridgehead atoms. The molecule has 2 unspecified atom stereocenters. The SMILES string of the molecule is CC(=O)Nc1ccccc1CNC1CCCCC1C(C)C. The molecule has 21 heavy (non-hydrogen) atoms. The maximum Gasteiger partial charge on any atom is 0.221 e. The van der Waals surface area contributed by atoms with Crippen molar-refractivity contribution in [3.8, 4) is 0 Å². The molecule has 1 aliphatic rings. The van der Waals surface area contributed by atoms with Crippen LogP contribution < -0.4 is 10.6 Å². The Morgan fingerprint density at radius 2 is 1.95 bits per heavy atom. The highest BCUT2D eigenvalue weighted by Gasteiger charge is 2.27. The average molecular weight is 288 g/mol. The maximum absolute atomic E-state index is 11.3. The van der Waals surface area contributed by atoms with Gasteiger partial charge >= 0.3 is 0 Å². The number of carbonyl (C=O) groups is 1. The van der Waals surface area contributed by atoms with E-state index in [1.807, 2.05) is 18.2 Å². The van der Waals surface area contributed by atoms with E-state index in [-0.39, 0.29) is 5.91 Å². The molecule has 0 aliphatic heterocycles. The average Bonchev–Trinajstić information content (AvgIpc) is 2.46. The van der Waals surface area contributed by atoms with Gasteiger partial charge in [-0.15, -0.1) is 0 Å². The van der Waals surface area contributed by atoms with Crippen LogP contribution in [0.3, 0.4) is 0 Å². The molecule has 0 radical (unpaired) electrons. The molecule has 0 aromatic heterocycles. The summed E-state index contributed by atoms with van der Waals surface area (Å²) in [6.45, 7) is 7.04. The molecule has 116 valence electrons. The maximum atomic E-state index is 11.3. The molecule has 1 aliphatic carbocycles. The molecule has 1 amide bonds. The number of amides is 1. The third-order valence-corrected chi connectivity index (χ3v) is 4.56. The summed E-state index contributed by atoms with van der Waals surface area (Å²) < 4.78 is 0. The van der Waals surface area contributed by atoms with E-state index in [0.29, 0.717) is 6.04 Å². The highest BCUT2D eigenvalue weighted by atomic mass is 16.1. The molecular formula is C18H28N2O. The normalized spacial score (nSPS) is 22.3. The standard InChI is InChI=1S/C18H28N2O/c1-13(2)16-9-5-7-11-18(16)19-12-15-8-4-6-10-17(15)20-14(3)21/h4,6,8,10,13,16,18-19H,5,7,9,11-12H2,1-3H3,(H,20,21). The Hall–Kier alpha value is -1.35. The first-order chi connectivity index (χ1) is 10.1. The van der Waals surface area contributed by atoms with Gasteiger partial charge in [0.05, 0.1) is 0 Å². The zero-order valence-corrected chi connectivity index (χ0v) is 13.5. The second kappa shape index (κ2) is 7.60. The largest absolute Gasteiger partial charge is 0.326 e. The van der Waals surface area contributed by atoms with Gasteiger partial charge in [-0.05, 0) is 36.3 Å². The predicted molar refractivity (Wildman–Crippen MR) is 88.2 cm³/mol. The summed E-state index contributed by atoms with van der Waals surface area (Å²) in [6.07, 6.45) is 5.30. The van der Waals surface area contributed by atoms with Crippen LogP contribution in [0.25, 0.3) is 0 Å². The minimum atomic E-state index is -0.0137. The van der Waals surface area contributed by atoms with E-state index < -0.39 is 0 Å². The molecule has 1 aromatic rings. The molecule has 0 heterocycles. The van der Waals surface area contributed by atoms with Crippen LogP contribution in [0.2, 0.25) is 0 Å². The zero-order chi connectivity index (χ0) is 15.2. The first kappa shape index (κ1) is 16.0. The smallest absolute Gasteiger partial charge is 0.221 e. The van der Waals surface area contributed by atoms with E-state index in [0.717, 1.165) is 24.1 Å². The Balaban J connectivity index is 2.00. The summed E-state index contributed by atoms with van der Waals surface area (Å²) >= 11 is 0. The Bertz CT molecular complexity index is 470. The minimum absolute atomic E-state index is 0.0137. The van der Waals surface area contributed by atoms with Crippen LogP contribution in [0.5, 0.6) is 0 Å². The molecule has 0 saturated heterocycles. The van der Waals surface area contributed by atoms with Crippen molar-refractivity contribution in [2.45, 2.75) is 59.0 Å². The quantitative estimate of drug-likeness (QED) is 0.861. The highest BCUT2D eigenvalue weighted by Crippen LogP contribution is 2.30. The molecular weight excluding hydrogens is 260 g/mol. The third kappa shape index (κ3) is 4.57. The summed E-state index contributed by atoms with van der Waals surface area (Å²) in [6, 6.07) is 8.66. The van der Waals surface area contributed by atoms with Crippen LogP contribution in [0.15, 0.2) is 24.3 Å². The number of benzene rings is 1. The topological polar surface area (TPSA) is 41.1 Å². The van der Waals surface area contributed by atoms with Crippen molar-refractivity contribution < 1.29 is 4.79 Å². The first-order valence-corrected chi connectivity index (χ1v) is 8.17. The van der Waals surface area contributed by atoms with Crippen LogP contribution >= 0.6 is 0 Å². The molecule has 3 nitrogen and oxygen atoms in total. The van der Waals surface area contributed by atoms with Crippen LogP contribution in [0.1, 0.15) is 52.0 Å². The van der Waals surface area contributed by atoms with Gasteiger partial charge in [0.15, 0.2) is 0 Å². The Morgan fingerprint density at radius 1 is 1.24 bits per heavy atom. The Kier molecular flexibility index (Phi) is 5.80. The second-order valence-corrected chi connectivity index (χ2v) is 6.52. The zero-order valence-electron chi connectivity index (χ0n) is 13.5. The van der Waals surface area contributed by atoms with Gasteiger partial charge in [0, 0.05) is 25.2 Å². The lowest BCUT2D eigenvalue weighted by atomic mass is 9.78. The molecule has 3 heteroatoms. The summed E-state index contributed by atoms with van der Waals surface area (Å²) in [7, 11) is 0. The first-order valence-electron chi connectivity index (χ1n) is 8.17. The van der Waals surface area contributed by atoms with E-state index >= 15 is 0 Å². The number of nitrogens with one attached hydrogen (secondary N) is 2. The van der Waals surface area contributed by atoms with Crippen molar-refractivity contribution >= 4 is 11.6 Å². The number of rotatable bonds is 5. The predicted octanol–water partition coefficient (Wildman–Crippen LogP) is 3.95. The monoisotopic (exact) mass is 288 g/mol. The molecule has 1 saturated carbocycles. The van der Waals surface area contributed by atoms with Gasteiger partial charge < -0.3 is 10.6 Å². The number of para-hydroxylation sites is 1.